The van der Waals surface area contributed by atoms with E-state index >= 15 is 0 Å². The van der Waals surface area contributed by atoms with Crippen LogP contribution in [0.3, 0.4) is 0 Å². The Labute approximate surface area is 145 Å². The van der Waals surface area contributed by atoms with Crippen LogP contribution in [-0.2, 0) is 0 Å². The maximum atomic E-state index is 6.19. The Morgan fingerprint density at radius 3 is 1.60 bits per heavy atom. The highest BCUT2D eigenvalue weighted by Gasteiger charge is 2.22. The molecule has 2 rings (SSSR count). The summed E-state index contributed by atoms with van der Waals surface area (Å²) in [5.74, 6) is 0. The smallest absolute Gasteiger partial charge is 0.0844 e. The molecule has 106 valence electrons. The van der Waals surface area contributed by atoms with Crippen molar-refractivity contribution in [2.24, 2.45) is 0 Å². The maximum Gasteiger partial charge on any atom is 0.0844 e. The summed E-state index contributed by atoms with van der Waals surface area (Å²) < 4.78 is 0. The Morgan fingerprint density at radius 2 is 1.10 bits per heavy atom. The lowest BCUT2D eigenvalue weighted by molar-refractivity contribution is 1.60. The van der Waals surface area contributed by atoms with Crippen LogP contribution in [0, 0.1) is 0 Å². The standard InChI is InChI=1S/C12H6Cl6N2/c13-6-3(1-2-4(19)7(6)14)5-8(15)10(17)12(20)11(18)9(5)16/h1-2H,19-20H2. The number of nitrogens with two attached hydrogens (primary N) is 2. The van der Waals surface area contributed by atoms with Gasteiger partial charge in [-0.1, -0.05) is 75.7 Å². The summed E-state index contributed by atoms with van der Waals surface area (Å²) in [6.45, 7) is 0. The molecule has 0 aromatic heterocycles. The van der Waals surface area contributed by atoms with Crippen LogP contribution in [0.2, 0.25) is 30.1 Å². The highest BCUT2D eigenvalue weighted by molar-refractivity contribution is 6.53. The topological polar surface area (TPSA) is 52.0 Å². The first kappa shape index (κ1) is 16.2. The SMILES string of the molecule is Nc1ccc(-c2c(Cl)c(Cl)c(N)c(Cl)c2Cl)c(Cl)c1Cl. The Balaban J connectivity index is 2.87. The lowest BCUT2D eigenvalue weighted by atomic mass is 10.0. The van der Waals surface area contributed by atoms with Gasteiger partial charge in [0.05, 0.1) is 41.5 Å². The molecule has 8 heteroatoms. The van der Waals surface area contributed by atoms with E-state index < -0.39 is 0 Å². The summed E-state index contributed by atoms with van der Waals surface area (Å²) in [6.07, 6.45) is 0. The molecule has 0 bridgehead atoms. The molecule has 2 nitrogen and oxygen atoms in total. The second kappa shape index (κ2) is 5.88. The van der Waals surface area contributed by atoms with E-state index in [0.717, 1.165) is 0 Å². The molecule has 0 spiro atoms. The van der Waals surface area contributed by atoms with Crippen LogP contribution < -0.4 is 11.5 Å². The van der Waals surface area contributed by atoms with Gasteiger partial charge in [-0.3, -0.25) is 0 Å². The van der Waals surface area contributed by atoms with Gasteiger partial charge in [-0.2, -0.15) is 0 Å². The van der Waals surface area contributed by atoms with Crippen LogP contribution in [0.15, 0.2) is 12.1 Å². The Bertz CT molecular complexity index is 685. The third-order valence-corrected chi connectivity index (χ3v) is 5.31. The number of rotatable bonds is 1. The van der Waals surface area contributed by atoms with Crippen molar-refractivity contribution in [3.8, 4) is 11.1 Å². The number of anilines is 2. The maximum absolute atomic E-state index is 6.19. The van der Waals surface area contributed by atoms with E-state index in [-0.39, 0.29) is 35.8 Å². The van der Waals surface area contributed by atoms with Crippen molar-refractivity contribution < 1.29 is 0 Å². The van der Waals surface area contributed by atoms with Gasteiger partial charge in [0.2, 0.25) is 0 Å². The number of hydrogen-bond acceptors (Lipinski definition) is 2. The van der Waals surface area contributed by atoms with E-state index in [1.165, 1.54) is 0 Å². The van der Waals surface area contributed by atoms with Crippen LogP contribution in [0.4, 0.5) is 11.4 Å². The number of hydrogen-bond donors (Lipinski definition) is 2. The third-order valence-electron chi connectivity index (χ3n) is 2.68. The van der Waals surface area contributed by atoms with Crippen molar-refractivity contribution in [1.82, 2.24) is 0 Å². The quantitative estimate of drug-likeness (QED) is 0.435. The molecular formula is C12H6Cl6N2. The van der Waals surface area contributed by atoms with Crippen molar-refractivity contribution >= 4 is 81.0 Å². The first-order chi connectivity index (χ1) is 9.27. The molecule has 2 aromatic carbocycles. The summed E-state index contributed by atoms with van der Waals surface area (Å²) in [6, 6.07) is 3.20. The summed E-state index contributed by atoms with van der Waals surface area (Å²) in [5, 5.41) is 0.871. The molecule has 0 amide bonds. The minimum atomic E-state index is 0.0973. The monoisotopic (exact) mass is 388 g/mol. The first-order valence-corrected chi connectivity index (χ1v) is 7.39. The highest BCUT2D eigenvalue weighted by atomic mass is 35.5. The molecular weight excluding hydrogens is 385 g/mol. The van der Waals surface area contributed by atoms with Gasteiger partial charge >= 0.3 is 0 Å². The van der Waals surface area contributed by atoms with Crippen molar-refractivity contribution in [2.45, 2.75) is 0 Å². The molecule has 0 unspecified atom stereocenters. The molecule has 20 heavy (non-hydrogen) atoms. The van der Waals surface area contributed by atoms with Gasteiger partial charge < -0.3 is 11.5 Å². The molecule has 0 saturated carbocycles. The molecule has 0 atom stereocenters. The first-order valence-electron chi connectivity index (χ1n) is 5.12. The van der Waals surface area contributed by atoms with Crippen molar-refractivity contribution in [3.63, 3.8) is 0 Å². The van der Waals surface area contributed by atoms with Crippen LogP contribution in [0.1, 0.15) is 0 Å². The average Bonchev–Trinajstić information content (AvgIpc) is 2.43. The molecule has 0 fully saturated rings. The minimum absolute atomic E-state index is 0.0973. The lowest BCUT2D eigenvalue weighted by Crippen LogP contribution is -1.95. The second-order valence-corrected chi connectivity index (χ2v) is 6.14. The van der Waals surface area contributed by atoms with Crippen LogP contribution in [-0.4, -0.2) is 0 Å². The predicted octanol–water partition coefficient (Wildman–Crippen LogP) is 6.44. The molecule has 0 aliphatic carbocycles. The van der Waals surface area contributed by atoms with E-state index in [9.17, 15) is 0 Å². The zero-order valence-corrected chi connectivity index (χ0v) is 14.1. The van der Waals surface area contributed by atoms with Crippen molar-refractivity contribution in [1.29, 1.82) is 0 Å². The van der Waals surface area contributed by atoms with Gasteiger partial charge in [0.15, 0.2) is 0 Å². The van der Waals surface area contributed by atoms with Gasteiger partial charge in [-0.25, -0.2) is 0 Å². The van der Waals surface area contributed by atoms with Gasteiger partial charge in [-0.15, -0.1) is 0 Å². The lowest BCUT2D eigenvalue weighted by Gasteiger charge is -2.15. The van der Waals surface area contributed by atoms with Gasteiger partial charge in [0.25, 0.3) is 0 Å². The Hall–Kier alpha value is -0.220. The average molecular weight is 391 g/mol. The molecule has 4 N–H and O–H groups in total. The van der Waals surface area contributed by atoms with Gasteiger partial charge in [0, 0.05) is 11.1 Å². The summed E-state index contributed by atoms with van der Waals surface area (Å²) in [7, 11) is 0. The zero-order valence-electron chi connectivity index (χ0n) is 9.58. The van der Waals surface area contributed by atoms with E-state index in [1.54, 1.807) is 12.1 Å². The molecule has 0 aliphatic rings. The Morgan fingerprint density at radius 1 is 0.600 bits per heavy atom. The summed E-state index contributed by atoms with van der Waals surface area (Å²) >= 11 is 36.6. The zero-order chi connectivity index (χ0) is 15.2. The minimum Gasteiger partial charge on any atom is -0.397 e. The predicted molar refractivity (Wildman–Crippen MR) is 90.8 cm³/mol. The van der Waals surface area contributed by atoms with E-state index in [1.807, 2.05) is 0 Å². The van der Waals surface area contributed by atoms with Gasteiger partial charge in [0.1, 0.15) is 0 Å². The fourth-order valence-electron chi connectivity index (χ4n) is 1.64. The van der Waals surface area contributed by atoms with E-state index in [4.69, 9.17) is 81.1 Å². The summed E-state index contributed by atoms with van der Waals surface area (Å²) in [4.78, 5) is 0. The third kappa shape index (κ3) is 2.50. The molecule has 2 aromatic rings. The fourth-order valence-corrected chi connectivity index (χ4v) is 3.14. The summed E-state index contributed by atoms with van der Waals surface area (Å²) in [5.41, 5.74) is 12.6. The second-order valence-electron chi connectivity index (χ2n) is 3.87. The molecule has 0 heterocycles. The molecule has 0 radical (unpaired) electrons. The van der Waals surface area contributed by atoms with Crippen LogP contribution >= 0.6 is 69.6 Å². The molecule has 0 aliphatic heterocycles. The highest BCUT2D eigenvalue weighted by Crippen LogP contribution is 2.50. The van der Waals surface area contributed by atoms with Gasteiger partial charge in [-0.05, 0) is 6.07 Å². The van der Waals surface area contributed by atoms with E-state index in [0.29, 0.717) is 16.8 Å². The van der Waals surface area contributed by atoms with Crippen LogP contribution in [0.5, 0.6) is 0 Å². The fraction of sp³-hybridized carbons (Fsp3) is 0. The normalized spacial score (nSPS) is 10.9. The number of halogens is 6. The van der Waals surface area contributed by atoms with E-state index in [2.05, 4.69) is 0 Å². The largest absolute Gasteiger partial charge is 0.397 e. The van der Waals surface area contributed by atoms with Crippen molar-refractivity contribution in [2.75, 3.05) is 11.5 Å². The number of nitrogen functional groups attached to an aromatic ring is 2. The van der Waals surface area contributed by atoms with Crippen molar-refractivity contribution in [3.05, 3.63) is 42.3 Å². The molecule has 0 saturated heterocycles. The number of benzene rings is 2. The van der Waals surface area contributed by atoms with Crippen LogP contribution in [0.25, 0.3) is 11.1 Å². The Kier molecular flexibility index (Phi) is 4.75.